The van der Waals surface area contributed by atoms with E-state index in [1.54, 1.807) is 12.4 Å². The van der Waals surface area contributed by atoms with Crippen LogP contribution in [0.1, 0.15) is 295 Å². The van der Waals surface area contributed by atoms with Crippen LogP contribution in [0.2, 0.25) is 0 Å². The van der Waals surface area contributed by atoms with Crippen molar-refractivity contribution in [3.63, 3.8) is 0 Å². The van der Waals surface area contributed by atoms with E-state index in [9.17, 15) is 0 Å². The van der Waals surface area contributed by atoms with Crippen molar-refractivity contribution < 1.29 is 9.47 Å². The summed E-state index contributed by atoms with van der Waals surface area (Å²) in [5.74, 6) is 6.67. The van der Waals surface area contributed by atoms with Gasteiger partial charge in [-0.2, -0.15) is 0 Å². The highest BCUT2D eigenvalue weighted by Crippen LogP contribution is 2.16. The minimum absolute atomic E-state index is 0.833. The molecule has 1 N–H and O–H groups in total. The molecule has 3 saturated heterocycles. The fraction of sp³-hybridized carbons (Fsp3) is 0.857. The maximum absolute atomic E-state index is 5.07. The van der Waals surface area contributed by atoms with Crippen LogP contribution in [0.4, 0.5) is 0 Å². The van der Waals surface area contributed by atoms with Gasteiger partial charge in [0.15, 0.2) is 0 Å². The molecule has 0 spiro atoms. The first-order valence-corrected chi connectivity index (χ1v) is 31.8. The number of allylic oxidation sites excluding steroid dienone is 6. The maximum Gasteiger partial charge on any atom is 0.0573 e. The molecule has 5 fully saturated rings. The van der Waals surface area contributed by atoms with Gasteiger partial charge < -0.3 is 14.8 Å². The summed E-state index contributed by atoms with van der Waals surface area (Å²) in [7, 11) is 0. The van der Waals surface area contributed by atoms with Crippen LogP contribution in [0.15, 0.2) is 58.6 Å². The van der Waals surface area contributed by atoms with E-state index >= 15 is 0 Å². The number of hydrogen-bond donors (Lipinski definition) is 1. The fourth-order valence-electron chi connectivity index (χ4n) is 4.92. The Morgan fingerprint density at radius 3 is 0.547 bits per heavy atom. The topological polar surface area (TPSA) is 55.2 Å². The van der Waals surface area contributed by atoms with E-state index in [0.29, 0.717) is 0 Å². The Hall–Kier alpha value is -1.82. The molecule has 454 valence electrons. The molecular weight excluding hydrogens is 915 g/mol. The predicted molar refractivity (Wildman–Crippen MR) is 354 cm³/mol. The minimum atomic E-state index is 0.833. The van der Waals surface area contributed by atoms with Gasteiger partial charge in [0.25, 0.3) is 0 Å². The fourth-order valence-corrected chi connectivity index (χ4v) is 4.92. The second-order valence-electron chi connectivity index (χ2n) is 25.5. The quantitative estimate of drug-likeness (QED) is 0.263. The number of nitrogens with zero attached hydrogens (tertiary/aromatic N) is 2. The molecule has 8 rings (SSSR count). The van der Waals surface area contributed by atoms with E-state index in [-0.39, 0.29) is 0 Å². The maximum atomic E-state index is 5.07. The van der Waals surface area contributed by atoms with Crippen LogP contribution >= 0.6 is 0 Å². The third-order valence-electron chi connectivity index (χ3n) is 7.57. The standard InChI is InChI=1S/C6H12.C6H8.C5H10O.C5H10.C4H9N.2C4H5N.C4H8O.8C4H10/c3*1-2-4-6-5-3-1;5*1-2-4-5-3-1;8*1-4(2)3/h1-6H2;1-4H,5-6H2;1-5H2;1-5H2;5H,1-4H2;2*1-3H,4H2;1-4H2;8*4H,1-3H3. The molecule has 0 amide bonds. The molecule has 0 atom stereocenters. The summed E-state index contributed by atoms with van der Waals surface area (Å²) in [4.78, 5) is 7.69. The Morgan fingerprint density at radius 2 is 0.467 bits per heavy atom. The van der Waals surface area contributed by atoms with Gasteiger partial charge in [-0.05, 0) is 130 Å². The van der Waals surface area contributed by atoms with Gasteiger partial charge >= 0.3 is 0 Å². The molecule has 0 unspecified atom stereocenters. The van der Waals surface area contributed by atoms with E-state index in [1.807, 2.05) is 24.3 Å². The third kappa shape index (κ3) is 210. The number of ether oxygens (including phenoxy) is 2. The van der Waals surface area contributed by atoms with Crippen molar-refractivity contribution >= 4 is 12.4 Å². The van der Waals surface area contributed by atoms with Crippen LogP contribution in [0.25, 0.3) is 0 Å². The first kappa shape index (κ1) is 89.7. The normalized spacial score (nSPS) is 16.3. The molecule has 0 aromatic heterocycles. The summed E-state index contributed by atoms with van der Waals surface area (Å²) in [6, 6.07) is 0. The lowest BCUT2D eigenvalue weighted by atomic mass is 10.0. The van der Waals surface area contributed by atoms with Gasteiger partial charge in [-0.1, -0.05) is 273 Å². The molecule has 3 aliphatic carbocycles. The molecule has 2 saturated carbocycles. The lowest BCUT2D eigenvalue weighted by Crippen LogP contribution is -2.03. The average molecular weight is 1060 g/mol. The summed E-state index contributed by atoms with van der Waals surface area (Å²) >= 11 is 0. The van der Waals surface area contributed by atoms with E-state index < -0.39 is 0 Å². The van der Waals surface area contributed by atoms with Crippen molar-refractivity contribution in [3.8, 4) is 0 Å². The highest BCUT2D eigenvalue weighted by Gasteiger charge is 1.97. The molecule has 5 aliphatic heterocycles. The summed E-state index contributed by atoms with van der Waals surface area (Å²) in [5.41, 5.74) is 0. The largest absolute Gasteiger partial charge is 0.381 e. The van der Waals surface area contributed by atoms with Crippen molar-refractivity contribution in [1.29, 1.82) is 0 Å². The molecule has 5 heterocycles. The van der Waals surface area contributed by atoms with Gasteiger partial charge in [0.2, 0.25) is 0 Å². The lowest BCUT2D eigenvalue weighted by Gasteiger charge is -2.08. The van der Waals surface area contributed by atoms with Gasteiger partial charge in [-0.25, -0.2) is 0 Å². The summed E-state index contributed by atoms with van der Waals surface area (Å²) in [5, 5.41) is 3.22. The summed E-state index contributed by atoms with van der Waals surface area (Å²) < 4.78 is 10.0. The number of hydrogen-bond acceptors (Lipinski definition) is 5. The molecule has 0 bridgehead atoms. The monoisotopic (exact) mass is 1060 g/mol. The summed E-state index contributed by atoms with van der Waals surface area (Å²) in [6.45, 7) is 60.3. The van der Waals surface area contributed by atoms with Gasteiger partial charge in [0.05, 0.1) is 13.1 Å². The van der Waals surface area contributed by atoms with Gasteiger partial charge in [-0.3, -0.25) is 9.98 Å². The van der Waals surface area contributed by atoms with Crippen LogP contribution in [-0.2, 0) is 9.47 Å². The Bertz CT molecular complexity index is 831. The zero-order valence-electron chi connectivity index (χ0n) is 56.4. The average Bonchev–Trinajstić information content (AvgIpc) is 4.18. The van der Waals surface area contributed by atoms with E-state index in [4.69, 9.17) is 9.47 Å². The van der Waals surface area contributed by atoms with Crippen LogP contribution in [0.5, 0.6) is 0 Å². The molecule has 0 aromatic carbocycles. The van der Waals surface area contributed by atoms with E-state index in [1.165, 1.54) is 142 Å². The number of rotatable bonds is 0. The Morgan fingerprint density at radius 1 is 0.267 bits per heavy atom. The molecule has 75 heavy (non-hydrogen) atoms. The van der Waals surface area contributed by atoms with Crippen molar-refractivity contribution in [1.82, 2.24) is 5.32 Å². The van der Waals surface area contributed by atoms with E-state index in [2.05, 4.69) is 206 Å². The summed E-state index contributed by atoms with van der Waals surface area (Å²) in [6.07, 6.45) is 48.3. The van der Waals surface area contributed by atoms with Crippen molar-refractivity contribution in [2.45, 2.75) is 295 Å². The van der Waals surface area contributed by atoms with Crippen LogP contribution < -0.4 is 5.32 Å². The number of aliphatic imine (C=N–C) groups is 2. The molecule has 5 nitrogen and oxygen atoms in total. The van der Waals surface area contributed by atoms with Crippen molar-refractivity contribution in [2.24, 2.45) is 57.3 Å². The number of nitrogens with one attached hydrogen (secondary N) is 1. The minimum Gasteiger partial charge on any atom is -0.381 e. The smallest absolute Gasteiger partial charge is 0.0573 e. The zero-order valence-corrected chi connectivity index (χ0v) is 56.4. The molecule has 0 aromatic rings. The second-order valence-corrected chi connectivity index (χ2v) is 25.5. The first-order chi connectivity index (χ1) is 35.4. The van der Waals surface area contributed by atoms with Crippen molar-refractivity contribution in [3.05, 3.63) is 48.6 Å². The second kappa shape index (κ2) is 86.1. The predicted octanol–water partition coefficient (Wildman–Crippen LogP) is 23.1. The lowest BCUT2D eigenvalue weighted by molar-refractivity contribution is 0.0968. The van der Waals surface area contributed by atoms with Gasteiger partial charge in [0.1, 0.15) is 0 Å². The Balaban J connectivity index is -0.000000107. The molecule has 5 heteroatoms. The van der Waals surface area contributed by atoms with Crippen LogP contribution in [0, 0.1) is 47.3 Å². The van der Waals surface area contributed by atoms with E-state index in [0.717, 1.165) is 86.9 Å². The van der Waals surface area contributed by atoms with Gasteiger partial charge in [0, 0.05) is 38.9 Å². The molecule has 8 aliphatic rings. The molecule has 0 radical (unpaired) electrons. The highest BCUT2D eigenvalue weighted by molar-refractivity contribution is 5.73. The van der Waals surface area contributed by atoms with Crippen LogP contribution in [0.3, 0.4) is 0 Å². The highest BCUT2D eigenvalue weighted by atomic mass is 16.5. The zero-order chi connectivity index (χ0) is 59.0. The third-order valence-corrected chi connectivity index (χ3v) is 7.57. The Labute approximate surface area is 478 Å². The van der Waals surface area contributed by atoms with Crippen molar-refractivity contribution in [2.75, 3.05) is 52.6 Å². The first-order valence-electron chi connectivity index (χ1n) is 31.8. The Kier molecular flexibility index (Phi) is 103. The van der Waals surface area contributed by atoms with Gasteiger partial charge in [-0.15, -0.1) is 0 Å². The SMILES string of the molecule is C1=CCCC=C1.C1=CCN=C1.C1=CCN=C1.C1CCCC1.C1CCCCC1.C1CCNC1.C1CCOC1.C1CCOCC1.CC(C)C.CC(C)C.CC(C)C.CC(C)C.CC(C)C.CC(C)C.CC(C)C.CC(C)C. The molecular formula is C70H147N3O2. The van der Waals surface area contributed by atoms with Crippen LogP contribution in [-0.4, -0.2) is 65.0 Å².